The van der Waals surface area contributed by atoms with E-state index < -0.39 is 5.97 Å². The molecule has 3 rings (SSSR count). The fourth-order valence-corrected chi connectivity index (χ4v) is 3.13. The number of benzene rings is 3. The second kappa shape index (κ2) is 10.9. The minimum Gasteiger partial charge on any atom is -0.496 e. The predicted octanol–water partition coefficient (Wildman–Crippen LogP) is 4.84. The zero-order valence-electron chi connectivity index (χ0n) is 18.8. The molecule has 0 aliphatic heterocycles. The van der Waals surface area contributed by atoms with Gasteiger partial charge in [-0.25, -0.2) is 4.79 Å². The van der Waals surface area contributed by atoms with Crippen molar-refractivity contribution in [2.45, 2.75) is 0 Å². The number of ether oxygens (including phenoxy) is 5. The van der Waals surface area contributed by atoms with Gasteiger partial charge in [0.1, 0.15) is 17.1 Å². The number of hydrogen-bond donors (Lipinski definition) is 0. The van der Waals surface area contributed by atoms with Crippen LogP contribution in [0.2, 0.25) is 0 Å². The molecular weight excluding hydrogens is 424 g/mol. The van der Waals surface area contributed by atoms with Crippen LogP contribution in [0.5, 0.6) is 28.7 Å². The molecule has 0 radical (unpaired) electrons. The Kier molecular flexibility index (Phi) is 7.70. The monoisotopic (exact) mass is 448 g/mol. The Balaban J connectivity index is 1.72. The number of allylic oxidation sites excluding steroid dienone is 1. The van der Waals surface area contributed by atoms with Crippen LogP contribution in [0.4, 0.5) is 0 Å². The zero-order chi connectivity index (χ0) is 23.8. The summed E-state index contributed by atoms with van der Waals surface area (Å²) in [4.78, 5) is 25.0. The second-order valence-corrected chi connectivity index (χ2v) is 6.77. The SMILES string of the molecule is COc1ccccc1C(=O)Oc1ccc(C(=O)C=Cc2cc(OC)c(OC)c(OC)c2)cc1. The van der Waals surface area contributed by atoms with E-state index in [0.29, 0.717) is 45.4 Å². The van der Waals surface area contributed by atoms with Gasteiger partial charge in [0, 0.05) is 5.56 Å². The highest BCUT2D eigenvalue weighted by Gasteiger charge is 2.15. The van der Waals surface area contributed by atoms with Crippen molar-refractivity contribution in [3.8, 4) is 28.7 Å². The molecule has 0 aliphatic carbocycles. The van der Waals surface area contributed by atoms with Gasteiger partial charge in [-0.1, -0.05) is 18.2 Å². The number of methoxy groups -OCH3 is 4. The van der Waals surface area contributed by atoms with E-state index in [9.17, 15) is 9.59 Å². The molecule has 0 N–H and O–H groups in total. The molecule has 0 atom stereocenters. The third-order valence-corrected chi connectivity index (χ3v) is 4.79. The first-order valence-electron chi connectivity index (χ1n) is 9.98. The second-order valence-electron chi connectivity index (χ2n) is 6.77. The summed E-state index contributed by atoms with van der Waals surface area (Å²) in [6.07, 6.45) is 3.10. The highest BCUT2D eigenvalue weighted by atomic mass is 16.5. The predicted molar refractivity (Wildman–Crippen MR) is 124 cm³/mol. The highest BCUT2D eigenvalue weighted by Crippen LogP contribution is 2.38. The van der Waals surface area contributed by atoms with Crippen LogP contribution in [-0.4, -0.2) is 40.2 Å². The van der Waals surface area contributed by atoms with Gasteiger partial charge < -0.3 is 23.7 Å². The number of carbonyl (C=O) groups is 2. The van der Waals surface area contributed by atoms with Crippen LogP contribution in [0.15, 0.2) is 66.7 Å². The Morgan fingerprint density at radius 2 is 1.33 bits per heavy atom. The third-order valence-electron chi connectivity index (χ3n) is 4.79. The van der Waals surface area contributed by atoms with Gasteiger partial charge in [0.05, 0.1) is 28.4 Å². The molecule has 0 aliphatic rings. The van der Waals surface area contributed by atoms with Crippen LogP contribution in [0.25, 0.3) is 6.08 Å². The van der Waals surface area contributed by atoms with Gasteiger partial charge >= 0.3 is 5.97 Å². The molecule has 170 valence electrons. The van der Waals surface area contributed by atoms with Crippen molar-refractivity contribution in [1.82, 2.24) is 0 Å². The van der Waals surface area contributed by atoms with E-state index in [1.165, 1.54) is 34.5 Å². The van der Waals surface area contributed by atoms with E-state index in [4.69, 9.17) is 23.7 Å². The Bertz CT molecular complexity index is 1140. The standard InChI is InChI=1S/C26H24O7/c1-29-22-8-6-5-7-20(22)26(28)33-19-12-10-18(11-13-19)21(27)14-9-17-15-23(30-2)25(32-4)24(16-17)31-3/h5-16H,1-4H3. The third kappa shape index (κ3) is 5.51. The molecule has 3 aromatic rings. The van der Waals surface area contributed by atoms with E-state index in [2.05, 4.69) is 0 Å². The molecule has 0 fully saturated rings. The number of carbonyl (C=O) groups excluding carboxylic acids is 2. The molecule has 0 aromatic heterocycles. The van der Waals surface area contributed by atoms with Gasteiger partial charge in [-0.3, -0.25) is 4.79 Å². The van der Waals surface area contributed by atoms with Gasteiger partial charge in [0.2, 0.25) is 5.75 Å². The lowest BCUT2D eigenvalue weighted by molar-refractivity contribution is 0.0731. The first kappa shape index (κ1) is 23.4. The maximum Gasteiger partial charge on any atom is 0.347 e. The Labute approximate surface area is 192 Å². The number of rotatable bonds is 9. The van der Waals surface area contributed by atoms with Gasteiger partial charge in [0.15, 0.2) is 17.3 Å². The fraction of sp³-hybridized carbons (Fsp3) is 0.154. The summed E-state index contributed by atoms with van der Waals surface area (Å²) in [6, 6.07) is 16.6. The summed E-state index contributed by atoms with van der Waals surface area (Å²) in [7, 11) is 6.06. The van der Waals surface area contributed by atoms with Crippen LogP contribution in [0.1, 0.15) is 26.3 Å². The molecular formula is C26H24O7. The van der Waals surface area contributed by atoms with E-state index in [0.717, 1.165) is 0 Å². The number of esters is 1. The maximum absolute atomic E-state index is 12.6. The summed E-state index contributed by atoms with van der Waals surface area (Å²) >= 11 is 0. The summed E-state index contributed by atoms with van der Waals surface area (Å²) in [6.45, 7) is 0. The lowest BCUT2D eigenvalue weighted by atomic mass is 10.1. The van der Waals surface area contributed by atoms with Crippen molar-refractivity contribution in [3.05, 3.63) is 83.4 Å². The van der Waals surface area contributed by atoms with Gasteiger partial charge in [-0.05, 0) is 60.2 Å². The highest BCUT2D eigenvalue weighted by molar-refractivity contribution is 6.07. The smallest absolute Gasteiger partial charge is 0.347 e. The number of ketones is 1. The van der Waals surface area contributed by atoms with E-state index in [1.54, 1.807) is 66.7 Å². The van der Waals surface area contributed by atoms with Crippen molar-refractivity contribution in [2.24, 2.45) is 0 Å². The molecule has 0 amide bonds. The lowest BCUT2D eigenvalue weighted by Gasteiger charge is -2.12. The van der Waals surface area contributed by atoms with Crippen molar-refractivity contribution in [3.63, 3.8) is 0 Å². The Morgan fingerprint density at radius 1 is 0.727 bits per heavy atom. The van der Waals surface area contributed by atoms with Gasteiger partial charge in [-0.15, -0.1) is 0 Å². The average Bonchev–Trinajstić information content (AvgIpc) is 2.86. The molecule has 3 aromatic carbocycles. The summed E-state index contributed by atoms with van der Waals surface area (Å²) in [5.74, 6) is 1.43. The number of para-hydroxylation sites is 1. The van der Waals surface area contributed by atoms with Crippen LogP contribution in [-0.2, 0) is 0 Å². The lowest BCUT2D eigenvalue weighted by Crippen LogP contribution is -2.10. The van der Waals surface area contributed by atoms with Gasteiger partial charge in [0.25, 0.3) is 0 Å². The number of hydrogen-bond acceptors (Lipinski definition) is 7. The minimum absolute atomic E-state index is 0.216. The van der Waals surface area contributed by atoms with Crippen molar-refractivity contribution in [1.29, 1.82) is 0 Å². The van der Waals surface area contributed by atoms with Gasteiger partial charge in [-0.2, -0.15) is 0 Å². The molecule has 0 unspecified atom stereocenters. The van der Waals surface area contributed by atoms with Crippen molar-refractivity contribution in [2.75, 3.05) is 28.4 Å². The Morgan fingerprint density at radius 3 is 1.91 bits per heavy atom. The molecule has 7 nitrogen and oxygen atoms in total. The maximum atomic E-state index is 12.6. The molecule has 0 saturated heterocycles. The quantitative estimate of drug-likeness (QED) is 0.201. The summed E-state index contributed by atoms with van der Waals surface area (Å²) in [5, 5.41) is 0. The Hall–Kier alpha value is -4.26. The molecule has 33 heavy (non-hydrogen) atoms. The zero-order valence-corrected chi connectivity index (χ0v) is 18.8. The molecule has 0 bridgehead atoms. The van der Waals surface area contributed by atoms with Crippen LogP contribution >= 0.6 is 0 Å². The average molecular weight is 448 g/mol. The van der Waals surface area contributed by atoms with Crippen molar-refractivity contribution >= 4 is 17.8 Å². The van der Waals surface area contributed by atoms with Crippen LogP contribution < -0.4 is 23.7 Å². The summed E-state index contributed by atoms with van der Waals surface area (Å²) < 4.78 is 26.5. The normalized spacial score (nSPS) is 10.5. The molecule has 0 saturated carbocycles. The van der Waals surface area contributed by atoms with Crippen LogP contribution in [0.3, 0.4) is 0 Å². The van der Waals surface area contributed by atoms with E-state index in [1.807, 2.05) is 0 Å². The molecule has 7 heteroatoms. The fourth-order valence-electron chi connectivity index (χ4n) is 3.13. The first-order valence-corrected chi connectivity index (χ1v) is 9.98. The minimum atomic E-state index is -0.547. The summed E-state index contributed by atoms with van der Waals surface area (Å²) in [5.41, 5.74) is 1.46. The largest absolute Gasteiger partial charge is 0.496 e. The van der Waals surface area contributed by atoms with Crippen molar-refractivity contribution < 1.29 is 33.3 Å². The topological polar surface area (TPSA) is 80.3 Å². The molecule has 0 heterocycles. The van der Waals surface area contributed by atoms with E-state index >= 15 is 0 Å². The van der Waals surface area contributed by atoms with Crippen LogP contribution in [0, 0.1) is 0 Å². The molecule has 0 spiro atoms. The van der Waals surface area contributed by atoms with E-state index in [-0.39, 0.29) is 5.78 Å². The first-order chi connectivity index (χ1) is 16.0.